The average Bonchev–Trinajstić information content (AvgIpc) is 2.53. The van der Waals surface area contributed by atoms with Crippen molar-refractivity contribution in [3.63, 3.8) is 0 Å². The van der Waals surface area contributed by atoms with Gasteiger partial charge in [0.2, 0.25) is 0 Å². The summed E-state index contributed by atoms with van der Waals surface area (Å²) in [5, 5.41) is 10.1. The van der Waals surface area contributed by atoms with Gasteiger partial charge in [-0.1, -0.05) is 37.6 Å². The molecule has 5 atom stereocenters. The Morgan fingerprint density at radius 3 is 2.43 bits per heavy atom. The summed E-state index contributed by atoms with van der Waals surface area (Å²) in [6, 6.07) is 8.68. The number of benzene rings is 1. The molecule has 1 fully saturated rings. The third-order valence-electron chi connectivity index (χ3n) is 6.28. The number of hydrogen-bond acceptors (Lipinski definition) is 3. The maximum atomic E-state index is 10.1. The lowest BCUT2D eigenvalue weighted by molar-refractivity contribution is -0.165. The van der Waals surface area contributed by atoms with E-state index in [0.717, 1.165) is 0 Å². The maximum Gasteiger partial charge on any atom is 0.0893 e. The Kier molecular flexibility index (Phi) is 4.28. The van der Waals surface area contributed by atoms with Crippen LogP contribution < -0.4 is 4.90 Å². The van der Waals surface area contributed by atoms with E-state index < -0.39 is 0 Å². The predicted octanol–water partition coefficient (Wildman–Crippen LogP) is 3.65. The van der Waals surface area contributed by atoms with E-state index in [2.05, 4.69) is 70.1 Å². The second-order valence-corrected chi connectivity index (χ2v) is 7.62. The summed E-state index contributed by atoms with van der Waals surface area (Å²) in [7, 11) is 4.11. The van der Waals surface area contributed by atoms with E-state index in [1.54, 1.807) is 0 Å². The lowest BCUT2D eigenvalue weighted by Crippen LogP contribution is -2.53. The van der Waals surface area contributed by atoms with Crippen molar-refractivity contribution in [2.24, 2.45) is 23.2 Å². The van der Waals surface area contributed by atoms with Crippen molar-refractivity contribution in [1.29, 1.82) is 0 Å². The first-order valence-electron chi connectivity index (χ1n) is 8.59. The molecule has 1 aromatic carbocycles. The van der Waals surface area contributed by atoms with E-state index >= 15 is 0 Å². The summed E-state index contributed by atoms with van der Waals surface area (Å²) in [5.74, 6) is 1.12. The van der Waals surface area contributed by atoms with Gasteiger partial charge in [0.05, 0.1) is 19.3 Å². The summed E-state index contributed by atoms with van der Waals surface area (Å²) in [5.41, 5.74) is 3.70. The highest BCUT2D eigenvalue weighted by molar-refractivity contribution is 5.46. The van der Waals surface area contributed by atoms with Crippen LogP contribution >= 0.6 is 0 Å². The number of aliphatic hydroxyl groups excluding tert-OH is 1. The van der Waals surface area contributed by atoms with E-state index in [4.69, 9.17) is 4.74 Å². The molecule has 1 aliphatic heterocycles. The van der Waals surface area contributed by atoms with Gasteiger partial charge >= 0.3 is 0 Å². The van der Waals surface area contributed by atoms with Gasteiger partial charge in [-0.3, -0.25) is 0 Å². The normalized spacial score (nSPS) is 36.5. The monoisotopic (exact) mass is 315 g/mol. The highest BCUT2D eigenvalue weighted by Gasteiger charge is 2.53. The molecule has 0 spiro atoms. The van der Waals surface area contributed by atoms with E-state index in [1.165, 1.54) is 16.8 Å². The molecule has 0 amide bonds. The van der Waals surface area contributed by atoms with Gasteiger partial charge in [-0.05, 0) is 36.5 Å². The second-order valence-electron chi connectivity index (χ2n) is 7.62. The molecule has 2 aliphatic rings. The van der Waals surface area contributed by atoms with Gasteiger partial charge in [-0.15, -0.1) is 0 Å². The van der Waals surface area contributed by atoms with Crippen molar-refractivity contribution < 1.29 is 9.84 Å². The van der Waals surface area contributed by atoms with Crippen molar-refractivity contribution in [2.45, 2.75) is 26.9 Å². The molecular weight excluding hydrogens is 286 g/mol. The Morgan fingerprint density at radius 1 is 1.22 bits per heavy atom. The molecule has 3 nitrogen and oxygen atoms in total. The van der Waals surface area contributed by atoms with Crippen molar-refractivity contribution >= 4 is 5.69 Å². The van der Waals surface area contributed by atoms with E-state index in [9.17, 15) is 5.11 Å². The molecule has 0 saturated carbocycles. The first-order valence-corrected chi connectivity index (χ1v) is 8.59. The number of allylic oxidation sites excluding steroid dienone is 1. The van der Waals surface area contributed by atoms with E-state index in [-0.39, 0.29) is 18.1 Å². The molecule has 126 valence electrons. The van der Waals surface area contributed by atoms with Crippen molar-refractivity contribution in [3.05, 3.63) is 41.5 Å². The number of rotatable bonds is 3. The van der Waals surface area contributed by atoms with Gasteiger partial charge in [-0.25, -0.2) is 0 Å². The van der Waals surface area contributed by atoms with Crippen LogP contribution in [0.1, 0.15) is 32.4 Å². The minimum absolute atomic E-state index is 0.0876. The molecular formula is C20H29NO2. The Labute approximate surface area is 140 Å². The van der Waals surface area contributed by atoms with Crippen LogP contribution in [0.15, 0.2) is 35.9 Å². The van der Waals surface area contributed by atoms with Gasteiger partial charge in [0.15, 0.2) is 0 Å². The molecule has 1 aromatic rings. The average molecular weight is 315 g/mol. The summed E-state index contributed by atoms with van der Waals surface area (Å²) in [4.78, 5) is 2.11. The lowest BCUT2D eigenvalue weighted by atomic mass is 9.56. The third-order valence-corrected chi connectivity index (χ3v) is 6.28. The predicted molar refractivity (Wildman–Crippen MR) is 94.6 cm³/mol. The number of nitrogens with zero attached hydrogens (tertiary/aromatic N) is 1. The fourth-order valence-corrected chi connectivity index (χ4v) is 4.55. The third kappa shape index (κ3) is 2.50. The molecule has 3 heteroatoms. The van der Waals surface area contributed by atoms with Crippen molar-refractivity contribution in [1.82, 2.24) is 0 Å². The van der Waals surface area contributed by atoms with Crippen LogP contribution in [0.4, 0.5) is 5.69 Å². The Bertz CT molecular complexity index is 592. The number of ether oxygens (including phenoxy) is 1. The zero-order chi connectivity index (χ0) is 16.8. The molecule has 2 bridgehead atoms. The number of anilines is 1. The lowest BCUT2D eigenvalue weighted by Gasteiger charge is -2.55. The fourth-order valence-electron chi connectivity index (χ4n) is 4.55. The summed E-state index contributed by atoms with van der Waals surface area (Å²) in [6.45, 7) is 7.54. The van der Waals surface area contributed by atoms with Crippen LogP contribution in [0.2, 0.25) is 0 Å². The molecule has 0 unspecified atom stereocenters. The molecule has 0 radical (unpaired) electrons. The van der Waals surface area contributed by atoms with Crippen molar-refractivity contribution in [2.75, 3.05) is 32.2 Å². The van der Waals surface area contributed by atoms with Crippen molar-refractivity contribution in [3.8, 4) is 0 Å². The summed E-state index contributed by atoms with van der Waals surface area (Å²) in [6.07, 6.45) is 2.44. The van der Waals surface area contributed by atoms with Crippen LogP contribution in [-0.2, 0) is 4.74 Å². The standard InChI is InChI=1S/C20H29NO2/c1-13-10-14(2)20(11-22)12-23-19(18(13)15(20)3)16-6-8-17(9-7-16)21(4)5/h6-10,14-15,18-19,22H,11-12H2,1-5H3/t14-,15-,18+,19+,20-/m1/s1. The topological polar surface area (TPSA) is 32.7 Å². The number of aliphatic hydroxyl groups is 1. The molecule has 3 rings (SSSR count). The smallest absolute Gasteiger partial charge is 0.0893 e. The minimum Gasteiger partial charge on any atom is -0.396 e. The van der Waals surface area contributed by atoms with Crippen LogP contribution in [0.3, 0.4) is 0 Å². The molecule has 0 aromatic heterocycles. The first-order chi connectivity index (χ1) is 10.9. The molecule has 23 heavy (non-hydrogen) atoms. The maximum absolute atomic E-state index is 10.1. The fraction of sp³-hybridized carbons (Fsp3) is 0.600. The Morgan fingerprint density at radius 2 is 1.87 bits per heavy atom. The van der Waals surface area contributed by atoms with Gasteiger partial charge in [-0.2, -0.15) is 0 Å². The second kappa shape index (κ2) is 5.95. The van der Waals surface area contributed by atoms with Gasteiger partial charge in [0, 0.05) is 31.1 Å². The minimum atomic E-state index is -0.135. The Balaban J connectivity index is 1.95. The van der Waals surface area contributed by atoms with E-state index in [1.807, 2.05) is 0 Å². The van der Waals surface area contributed by atoms with Gasteiger partial charge in [0.25, 0.3) is 0 Å². The van der Waals surface area contributed by atoms with Crippen LogP contribution in [0.25, 0.3) is 0 Å². The zero-order valence-corrected chi connectivity index (χ0v) is 14.9. The largest absolute Gasteiger partial charge is 0.396 e. The molecule has 1 aliphatic carbocycles. The summed E-state index contributed by atoms with van der Waals surface area (Å²) < 4.78 is 6.32. The molecule has 1 heterocycles. The van der Waals surface area contributed by atoms with E-state index in [0.29, 0.717) is 24.4 Å². The molecule has 1 saturated heterocycles. The highest BCUT2D eigenvalue weighted by Crippen LogP contribution is 2.55. The Hall–Kier alpha value is -1.32. The van der Waals surface area contributed by atoms with Gasteiger partial charge < -0.3 is 14.7 Å². The van der Waals surface area contributed by atoms with Crippen LogP contribution in [-0.4, -0.2) is 32.4 Å². The van der Waals surface area contributed by atoms with Crippen LogP contribution in [0.5, 0.6) is 0 Å². The molecule has 1 N–H and O–H groups in total. The zero-order valence-electron chi connectivity index (χ0n) is 14.9. The number of fused-ring (bicyclic) bond motifs is 2. The SMILES string of the molecule is CC1=C[C@@H](C)[C@@]2(CO)CO[C@@H](c3ccc(N(C)C)cc3)[C@@H]1[C@H]2C. The van der Waals surface area contributed by atoms with Gasteiger partial charge in [0.1, 0.15) is 0 Å². The van der Waals surface area contributed by atoms with Crippen LogP contribution in [0, 0.1) is 23.2 Å². The highest BCUT2D eigenvalue weighted by atomic mass is 16.5. The summed E-state index contributed by atoms with van der Waals surface area (Å²) >= 11 is 0. The number of hydrogen-bond donors (Lipinski definition) is 1. The quantitative estimate of drug-likeness (QED) is 0.864. The first kappa shape index (κ1) is 16.5.